The molecule has 0 aromatic carbocycles. The number of hydrogen-bond donors (Lipinski definition) is 1. The van der Waals surface area contributed by atoms with E-state index in [-0.39, 0.29) is 18.0 Å². The van der Waals surface area contributed by atoms with Crippen molar-refractivity contribution in [2.45, 2.75) is 52.1 Å². The number of furan rings is 1. The minimum Gasteiger partial charge on any atom is -0.456 e. The quantitative estimate of drug-likeness (QED) is 0.875. The molecule has 1 aliphatic rings. The van der Waals surface area contributed by atoms with E-state index in [1.807, 2.05) is 31.7 Å². The number of carbonyl (C=O) groups excluding carboxylic acids is 1. The van der Waals surface area contributed by atoms with Crippen LogP contribution >= 0.6 is 0 Å². The molecule has 2 N–H and O–H groups in total. The summed E-state index contributed by atoms with van der Waals surface area (Å²) in [6.45, 7) is 6.53. The Morgan fingerprint density at radius 3 is 2.78 bits per heavy atom. The van der Waals surface area contributed by atoms with Crippen molar-refractivity contribution in [3.05, 3.63) is 23.2 Å². The molecule has 2 unspecified atom stereocenters. The van der Waals surface area contributed by atoms with Gasteiger partial charge in [0.2, 0.25) is 0 Å². The summed E-state index contributed by atoms with van der Waals surface area (Å²) in [5.41, 5.74) is 6.90. The van der Waals surface area contributed by atoms with Gasteiger partial charge in [-0.15, -0.1) is 0 Å². The van der Waals surface area contributed by atoms with Gasteiger partial charge >= 0.3 is 0 Å². The molecule has 2 rings (SSSR count). The Labute approximate surface area is 108 Å². The molecule has 0 bridgehead atoms. The van der Waals surface area contributed by atoms with Crippen LogP contribution < -0.4 is 5.73 Å². The summed E-state index contributed by atoms with van der Waals surface area (Å²) >= 11 is 0. The molecule has 1 aromatic rings. The van der Waals surface area contributed by atoms with E-state index in [0.29, 0.717) is 5.76 Å². The maximum atomic E-state index is 12.5. The first kappa shape index (κ1) is 13.1. The largest absolute Gasteiger partial charge is 0.456 e. The summed E-state index contributed by atoms with van der Waals surface area (Å²) in [4.78, 5) is 14.4. The first-order valence-electron chi connectivity index (χ1n) is 6.64. The van der Waals surface area contributed by atoms with Crippen molar-refractivity contribution in [2.75, 3.05) is 6.54 Å². The zero-order valence-electron chi connectivity index (χ0n) is 11.4. The predicted octanol–water partition coefficient (Wildman–Crippen LogP) is 2.24. The number of nitrogens with zero attached hydrogens (tertiary/aromatic N) is 1. The molecule has 1 fully saturated rings. The maximum absolute atomic E-state index is 12.5. The normalized spacial score (nSPS) is 22.0. The van der Waals surface area contributed by atoms with Gasteiger partial charge in [0.1, 0.15) is 5.76 Å². The number of piperidine rings is 1. The Morgan fingerprint density at radius 1 is 1.50 bits per heavy atom. The molecule has 18 heavy (non-hydrogen) atoms. The second kappa shape index (κ2) is 5.14. The van der Waals surface area contributed by atoms with Gasteiger partial charge in [0.25, 0.3) is 5.91 Å². The summed E-state index contributed by atoms with van der Waals surface area (Å²) in [5, 5.41) is 0. The Bertz CT molecular complexity index is 437. The smallest absolute Gasteiger partial charge is 0.290 e. The molecule has 0 aliphatic carbocycles. The van der Waals surface area contributed by atoms with Crippen molar-refractivity contribution >= 4 is 5.91 Å². The first-order valence-corrected chi connectivity index (χ1v) is 6.64. The van der Waals surface area contributed by atoms with E-state index in [1.165, 1.54) is 0 Å². The summed E-state index contributed by atoms with van der Waals surface area (Å²) < 4.78 is 5.53. The van der Waals surface area contributed by atoms with Crippen molar-refractivity contribution in [1.82, 2.24) is 4.90 Å². The van der Waals surface area contributed by atoms with Gasteiger partial charge in [0.05, 0.1) is 0 Å². The average molecular weight is 250 g/mol. The van der Waals surface area contributed by atoms with Crippen molar-refractivity contribution in [2.24, 2.45) is 5.73 Å². The summed E-state index contributed by atoms with van der Waals surface area (Å²) in [6, 6.07) is 2.04. The fraction of sp³-hybridized carbons (Fsp3) is 0.643. The second-order valence-electron chi connectivity index (χ2n) is 5.29. The highest BCUT2D eigenvalue weighted by molar-refractivity contribution is 5.93. The lowest BCUT2D eigenvalue weighted by Gasteiger charge is -2.37. The Balaban J connectivity index is 2.23. The fourth-order valence-corrected chi connectivity index (χ4v) is 2.74. The molecular weight excluding hydrogens is 228 g/mol. The highest BCUT2D eigenvalue weighted by Gasteiger charge is 2.32. The highest BCUT2D eigenvalue weighted by Crippen LogP contribution is 2.23. The van der Waals surface area contributed by atoms with Crippen molar-refractivity contribution < 1.29 is 9.21 Å². The van der Waals surface area contributed by atoms with Gasteiger partial charge in [-0.25, -0.2) is 0 Å². The molecule has 1 amide bonds. The van der Waals surface area contributed by atoms with Crippen LogP contribution in [0.25, 0.3) is 0 Å². The topological polar surface area (TPSA) is 59.5 Å². The Kier molecular flexibility index (Phi) is 3.76. The van der Waals surface area contributed by atoms with E-state index in [9.17, 15) is 4.79 Å². The van der Waals surface area contributed by atoms with Crippen LogP contribution in [0.5, 0.6) is 0 Å². The predicted molar refractivity (Wildman–Crippen MR) is 70.5 cm³/mol. The number of carbonyl (C=O) groups is 1. The minimum absolute atomic E-state index is 0.00520. The molecule has 0 radical (unpaired) electrons. The molecule has 100 valence electrons. The number of aryl methyl sites for hydroxylation is 2. The Hall–Kier alpha value is -1.29. The zero-order valence-corrected chi connectivity index (χ0v) is 11.4. The van der Waals surface area contributed by atoms with E-state index in [4.69, 9.17) is 10.2 Å². The third kappa shape index (κ3) is 2.43. The SMILES string of the molecule is Cc1cc(C)c(C(=O)N2CCCCC2C(C)N)o1. The summed E-state index contributed by atoms with van der Waals surface area (Å²) in [5.74, 6) is 1.24. The van der Waals surface area contributed by atoms with Crippen LogP contribution in [0.2, 0.25) is 0 Å². The highest BCUT2D eigenvalue weighted by atomic mass is 16.4. The summed E-state index contributed by atoms with van der Waals surface area (Å²) in [7, 11) is 0. The fourth-order valence-electron chi connectivity index (χ4n) is 2.74. The van der Waals surface area contributed by atoms with Gasteiger partial charge in [-0.2, -0.15) is 0 Å². The average Bonchev–Trinajstić information content (AvgIpc) is 2.67. The molecular formula is C14H22N2O2. The molecule has 0 saturated carbocycles. The molecule has 4 heteroatoms. The maximum Gasteiger partial charge on any atom is 0.290 e. The van der Waals surface area contributed by atoms with Gasteiger partial charge in [-0.1, -0.05) is 0 Å². The van der Waals surface area contributed by atoms with Crippen LogP contribution in [0.3, 0.4) is 0 Å². The van der Waals surface area contributed by atoms with E-state index in [1.54, 1.807) is 0 Å². The second-order valence-corrected chi connectivity index (χ2v) is 5.29. The van der Waals surface area contributed by atoms with Crippen LogP contribution in [-0.2, 0) is 0 Å². The van der Waals surface area contributed by atoms with Crippen molar-refractivity contribution in [1.29, 1.82) is 0 Å². The standard InChI is InChI=1S/C14H22N2O2/c1-9-8-10(2)18-13(9)14(17)16-7-5-4-6-12(16)11(3)15/h8,11-12H,4-7,15H2,1-3H3. The van der Waals surface area contributed by atoms with Crippen LogP contribution in [0.1, 0.15) is 48.1 Å². The van der Waals surface area contributed by atoms with Gasteiger partial charge in [-0.3, -0.25) is 4.79 Å². The monoisotopic (exact) mass is 250 g/mol. The van der Waals surface area contributed by atoms with E-state index >= 15 is 0 Å². The zero-order chi connectivity index (χ0) is 13.3. The van der Waals surface area contributed by atoms with Crippen LogP contribution in [-0.4, -0.2) is 29.4 Å². The number of rotatable bonds is 2. The van der Waals surface area contributed by atoms with Crippen molar-refractivity contribution in [3.63, 3.8) is 0 Å². The molecule has 4 nitrogen and oxygen atoms in total. The number of likely N-dealkylation sites (tertiary alicyclic amines) is 1. The van der Waals surface area contributed by atoms with Gasteiger partial charge in [0, 0.05) is 24.2 Å². The van der Waals surface area contributed by atoms with Gasteiger partial charge in [-0.05, 0) is 46.1 Å². The van der Waals surface area contributed by atoms with E-state index < -0.39 is 0 Å². The number of nitrogens with two attached hydrogens (primary N) is 1. The molecule has 1 aliphatic heterocycles. The number of hydrogen-bond acceptors (Lipinski definition) is 3. The van der Waals surface area contributed by atoms with Gasteiger partial charge < -0.3 is 15.1 Å². The van der Waals surface area contributed by atoms with E-state index in [0.717, 1.165) is 37.1 Å². The lowest BCUT2D eigenvalue weighted by atomic mass is 9.96. The summed E-state index contributed by atoms with van der Waals surface area (Å²) in [6.07, 6.45) is 3.18. The Morgan fingerprint density at radius 2 is 2.22 bits per heavy atom. The lowest BCUT2D eigenvalue weighted by molar-refractivity contribution is 0.0549. The molecule has 1 saturated heterocycles. The minimum atomic E-state index is -0.0115. The third-order valence-electron chi connectivity index (χ3n) is 3.65. The van der Waals surface area contributed by atoms with Crippen LogP contribution in [0.15, 0.2) is 10.5 Å². The first-order chi connectivity index (χ1) is 8.50. The molecule has 2 heterocycles. The van der Waals surface area contributed by atoms with Crippen molar-refractivity contribution in [3.8, 4) is 0 Å². The van der Waals surface area contributed by atoms with E-state index in [2.05, 4.69) is 0 Å². The number of amides is 1. The van der Waals surface area contributed by atoms with Gasteiger partial charge in [0.15, 0.2) is 5.76 Å². The lowest BCUT2D eigenvalue weighted by Crippen LogP contribution is -2.51. The molecule has 0 spiro atoms. The third-order valence-corrected chi connectivity index (χ3v) is 3.65. The molecule has 2 atom stereocenters. The molecule has 1 aromatic heterocycles. The van der Waals surface area contributed by atoms with Crippen LogP contribution in [0, 0.1) is 13.8 Å². The van der Waals surface area contributed by atoms with Crippen LogP contribution in [0.4, 0.5) is 0 Å².